The molecular formula is C32H38N4. The Morgan fingerprint density at radius 3 is 1.47 bits per heavy atom. The molecule has 0 saturated heterocycles. The summed E-state index contributed by atoms with van der Waals surface area (Å²) in [5.74, 6) is 0. The van der Waals surface area contributed by atoms with Crippen LogP contribution in [0.3, 0.4) is 0 Å². The van der Waals surface area contributed by atoms with E-state index in [0.29, 0.717) is 0 Å². The van der Waals surface area contributed by atoms with E-state index in [-0.39, 0.29) is 0 Å². The van der Waals surface area contributed by atoms with Crippen LogP contribution >= 0.6 is 0 Å². The number of aromatic amines is 4. The molecule has 0 aliphatic carbocycles. The average molecular weight is 479 g/mol. The molecule has 0 amide bonds. The first-order valence-electron chi connectivity index (χ1n) is 13.2. The van der Waals surface area contributed by atoms with E-state index in [2.05, 4.69) is 99.3 Å². The molecule has 36 heavy (non-hydrogen) atoms. The Labute approximate surface area is 213 Å². The van der Waals surface area contributed by atoms with Gasteiger partial charge in [0.15, 0.2) is 0 Å². The number of rotatable bonds is 4. The van der Waals surface area contributed by atoms with Gasteiger partial charge in [0, 0.05) is 49.7 Å². The molecule has 4 N–H and O–H groups in total. The van der Waals surface area contributed by atoms with Gasteiger partial charge in [0.05, 0.1) is 0 Å². The highest BCUT2D eigenvalue weighted by molar-refractivity contribution is 5.71. The minimum Gasteiger partial charge on any atom is -0.355 e. The van der Waals surface area contributed by atoms with Crippen molar-refractivity contribution in [2.75, 3.05) is 0 Å². The molecule has 0 saturated carbocycles. The zero-order valence-corrected chi connectivity index (χ0v) is 22.7. The first-order valence-corrected chi connectivity index (χ1v) is 13.2. The summed E-state index contributed by atoms with van der Waals surface area (Å²) in [6.07, 6.45) is 14.0. The van der Waals surface area contributed by atoms with Crippen LogP contribution in [0.4, 0.5) is 0 Å². The van der Waals surface area contributed by atoms with Gasteiger partial charge in [0.1, 0.15) is 0 Å². The predicted octanol–water partition coefficient (Wildman–Crippen LogP) is 4.19. The third-order valence-electron chi connectivity index (χ3n) is 8.14. The first-order chi connectivity index (χ1) is 17.3. The molecule has 1 aliphatic heterocycles. The molecule has 186 valence electrons. The molecular weight excluding hydrogens is 440 g/mol. The Kier molecular flexibility index (Phi) is 6.07. The van der Waals surface area contributed by atoms with Gasteiger partial charge in [-0.05, 0) is 110 Å². The van der Waals surface area contributed by atoms with Crippen LogP contribution in [0.15, 0.2) is 6.58 Å². The van der Waals surface area contributed by atoms with Gasteiger partial charge in [-0.15, -0.1) is 0 Å². The van der Waals surface area contributed by atoms with Gasteiger partial charge < -0.3 is 19.9 Å². The fourth-order valence-corrected chi connectivity index (χ4v) is 5.96. The zero-order chi connectivity index (χ0) is 25.7. The standard InChI is InChI=1S/C32H38N4/c1-9-21-17(5)25-14-30-23(11-3)19(7)27(35-30)16-32-24(12-4)20(8)28(36-32)15-31-22(10-2)18(6)26(34-31)13-29(21)33-25/h9,13-16,33-36H,1,10-12H2,2-8H3. The molecule has 0 aromatic carbocycles. The Bertz CT molecular complexity index is 1740. The molecule has 0 atom stereocenters. The summed E-state index contributed by atoms with van der Waals surface area (Å²) in [7, 11) is 0. The van der Waals surface area contributed by atoms with Crippen molar-refractivity contribution in [2.45, 2.75) is 67.7 Å². The lowest BCUT2D eigenvalue weighted by Crippen LogP contribution is -2.13. The van der Waals surface area contributed by atoms with Gasteiger partial charge in [0.2, 0.25) is 0 Å². The van der Waals surface area contributed by atoms with E-state index in [1.54, 1.807) is 0 Å². The van der Waals surface area contributed by atoms with Crippen LogP contribution in [0.2, 0.25) is 0 Å². The predicted molar refractivity (Wildman–Crippen MR) is 153 cm³/mol. The second-order valence-electron chi connectivity index (χ2n) is 10.0. The molecule has 4 aromatic rings. The summed E-state index contributed by atoms with van der Waals surface area (Å²) in [6.45, 7) is 19.7. The van der Waals surface area contributed by atoms with Crippen molar-refractivity contribution in [3.05, 3.63) is 95.3 Å². The van der Waals surface area contributed by atoms with Crippen molar-refractivity contribution in [3.8, 4) is 0 Å². The summed E-state index contributed by atoms with van der Waals surface area (Å²) in [5, 5.41) is 4.65. The van der Waals surface area contributed by atoms with Crippen LogP contribution in [0.1, 0.15) is 88.1 Å². The van der Waals surface area contributed by atoms with Gasteiger partial charge in [-0.3, -0.25) is 0 Å². The van der Waals surface area contributed by atoms with E-state index in [1.165, 1.54) is 66.4 Å². The number of fused-ring (bicyclic) bond motifs is 8. The molecule has 4 aromatic heterocycles. The number of aromatic nitrogens is 4. The highest BCUT2D eigenvalue weighted by atomic mass is 14.8. The van der Waals surface area contributed by atoms with E-state index in [1.807, 2.05) is 6.08 Å². The quantitative estimate of drug-likeness (QED) is 0.299. The third-order valence-corrected chi connectivity index (χ3v) is 8.14. The lowest BCUT2D eigenvalue weighted by molar-refractivity contribution is 1.10. The Balaban J connectivity index is 1.97. The monoisotopic (exact) mass is 478 g/mol. The smallest absolute Gasteiger partial charge is 0.0482 e. The van der Waals surface area contributed by atoms with Gasteiger partial charge in [-0.2, -0.15) is 0 Å². The van der Waals surface area contributed by atoms with E-state index in [0.717, 1.165) is 41.6 Å². The second kappa shape index (κ2) is 9.09. The second-order valence-corrected chi connectivity index (χ2v) is 10.0. The van der Waals surface area contributed by atoms with Crippen LogP contribution in [0, 0.1) is 27.7 Å². The molecule has 0 unspecified atom stereocenters. The van der Waals surface area contributed by atoms with Gasteiger partial charge in [-0.25, -0.2) is 0 Å². The molecule has 4 nitrogen and oxygen atoms in total. The van der Waals surface area contributed by atoms with E-state index in [9.17, 15) is 0 Å². The Hall–Kier alpha value is -3.66. The van der Waals surface area contributed by atoms with Crippen LogP contribution in [0.25, 0.3) is 30.4 Å². The van der Waals surface area contributed by atoms with Crippen molar-refractivity contribution >= 4 is 30.4 Å². The lowest BCUT2D eigenvalue weighted by atomic mass is 10.0. The Morgan fingerprint density at radius 1 is 0.528 bits per heavy atom. The summed E-state index contributed by atoms with van der Waals surface area (Å²) in [5.41, 5.74) is 14.9. The average Bonchev–Trinajstić information content (AvgIpc) is 3.51. The fourth-order valence-electron chi connectivity index (χ4n) is 5.96. The van der Waals surface area contributed by atoms with Gasteiger partial charge in [-0.1, -0.05) is 33.4 Å². The number of hydrogen-bond donors (Lipinski definition) is 4. The molecule has 0 spiro atoms. The SMILES string of the molecule is C=Cc1c2[nH]c(c1C)C=c1[nH]c(c(C)c1CC)=Cc1[nH]c(c(C)c1CC)C=c1[nH]c(c(C)c1CC)=C2. The minimum atomic E-state index is 0.975. The topological polar surface area (TPSA) is 63.2 Å². The maximum absolute atomic E-state index is 4.13. The van der Waals surface area contributed by atoms with Gasteiger partial charge in [0.25, 0.3) is 0 Å². The number of H-pyrrole nitrogens is 4. The molecule has 4 heteroatoms. The van der Waals surface area contributed by atoms with Crippen molar-refractivity contribution in [2.24, 2.45) is 0 Å². The number of hydrogen-bond acceptors (Lipinski definition) is 0. The molecule has 5 rings (SSSR count). The fraction of sp³-hybridized carbons (Fsp3) is 0.312. The minimum absolute atomic E-state index is 0.975. The third kappa shape index (κ3) is 3.67. The van der Waals surface area contributed by atoms with Crippen LogP contribution in [-0.4, -0.2) is 19.9 Å². The van der Waals surface area contributed by atoms with E-state index in [4.69, 9.17) is 0 Å². The van der Waals surface area contributed by atoms with E-state index < -0.39 is 0 Å². The zero-order valence-electron chi connectivity index (χ0n) is 22.7. The van der Waals surface area contributed by atoms with Crippen LogP contribution in [0.5, 0.6) is 0 Å². The maximum atomic E-state index is 4.13. The van der Waals surface area contributed by atoms with E-state index >= 15 is 0 Å². The molecule has 1 aliphatic rings. The molecule has 5 heterocycles. The van der Waals surface area contributed by atoms with Gasteiger partial charge >= 0.3 is 0 Å². The van der Waals surface area contributed by atoms with Crippen molar-refractivity contribution in [3.63, 3.8) is 0 Å². The summed E-state index contributed by atoms with van der Waals surface area (Å²) in [6, 6.07) is 0. The first kappa shape index (κ1) is 24.1. The molecule has 0 radical (unpaired) electrons. The van der Waals surface area contributed by atoms with Crippen molar-refractivity contribution in [1.82, 2.24) is 19.9 Å². The summed E-state index contributed by atoms with van der Waals surface area (Å²) < 4.78 is 0. The lowest BCUT2D eigenvalue weighted by Gasteiger charge is -1.98. The normalized spacial score (nSPS) is 12.5. The maximum Gasteiger partial charge on any atom is 0.0482 e. The van der Waals surface area contributed by atoms with Crippen LogP contribution in [-0.2, 0) is 19.3 Å². The molecule has 8 bridgehead atoms. The van der Waals surface area contributed by atoms with Crippen molar-refractivity contribution in [1.29, 1.82) is 0 Å². The summed E-state index contributed by atoms with van der Waals surface area (Å²) >= 11 is 0. The van der Waals surface area contributed by atoms with Crippen LogP contribution < -0.4 is 21.4 Å². The Morgan fingerprint density at radius 2 is 0.972 bits per heavy atom. The highest BCUT2D eigenvalue weighted by Gasteiger charge is 2.15. The molecule has 0 fully saturated rings. The highest BCUT2D eigenvalue weighted by Crippen LogP contribution is 2.22. The largest absolute Gasteiger partial charge is 0.355 e. The summed E-state index contributed by atoms with van der Waals surface area (Å²) in [4.78, 5) is 14.9. The van der Waals surface area contributed by atoms with Crippen molar-refractivity contribution < 1.29 is 0 Å². The number of nitrogens with one attached hydrogen (secondary N) is 4.